The highest BCUT2D eigenvalue weighted by Crippen LogP contribution is 2.35. The number of H-pyrrole nitrogens is 1. The summed E-state index contributed by atoms with van der Waals surface area (Å²) < 4.78 is 78.9. The highest BCUT2D eigenvalue weighted by atomic mass is 35.5. The van der Waals surface area contributed by atoms with Gasteiger partial charge in [0.15, 0.2) is 11.6 Å². The molecule has 3 rings (SSSR count). The predicted molar refractivity (Wildman–Crippen MR) is 143 cm³/mol. The second-order valence-electron chi connectivity index (χ2n) is 8.06. The van der Waals surface area contributed by atoms with Crippen LogP contribution in [0.15, 0.2) is 47.5 Å². The number of nitrogens with zero attached hydrogens (tertiary/aromatic N) is 2. The van der Waals surface area contributed by atoms with E-state index in [1.807, 2.05) is 6.07 Å². The molecular formula is C25H22Cl2F4N4O6S. The average Bonchev–Trinajstić information content (AvgIpc) is 3.42. The Balaban J connectivity index is 0.000000782. The largest absolute Gasteiger partial charge is 0.490 e. The first-order valence-electron chi connectivity index (χ1n) is 11.7. The molecule has 17 heteroatoms. The molecule has 42 heavy (non-hydrogen) atoms. The average molecular weight is 653 g/mol. The Hall–Kier alpha value is -3.84. The molecule has 1 amide bonds. The number of carbonyl (C=O) groups is 2. The number of halogens is 6. The number of alkyl halides is 3. The van der Waals surface area contributed by atoms with Crippen molar-refractivity contribution >= 4 is 45.1 Å². The lowest BCUT2D eigenvalue weighted by atomic mass is 10.2. The third kappa shape index (κ3) is 8.83. The smallest absolute Gasteiger partial charge is 0.475 e. The molecule has 0 radical (unpaired) electrons. The summed E-state index contributed by atoms with van der Waals surface area (Å²) >= 11 is 12.1. The highest BCUT2D eigenvalue weighted by molar-refractivity contribution is 7.89. The van der Waals surface area contributed by atoms with E-state index in [9.17, 15) is 26.4 Å². The summed E-state index contributed by atoms with van der Waals surface area (Å²) in [6.07, 6.45) is -3.85. The molecule has 3 N–H and O–H groups in total. The van der Waals surface area contributed by atoms with Crippen molar-refractivity contribution in [1.82, 2.24) is 14.6 Å². The summed E-state index contributed by atoms with van der Waals surface area (Å²) in [6, 6.07) is 10.1. The van der Waals surface area contributed by atoms with Crippen LogP contribution >= 0.6 is 23.2 Å². The van der Waals surface area contributed by atoms with Gasteiger partial charge >= 0.3 is 12.1 Å². The molecule has 0 saturated heterocycles. The van der Waals surface area contributed by atoms with Gasteiger partial charge in [0, 0.05) is 36.4 Å². The number of amides is 1. The van der Waals surface area contributed by atoms with Gasteiger partial charge in [-0.15, -0.1) is 0 Å². The van der Waals surface area contributed by atoms with Crippen LogP contribution < -0.4 is 10.1 Å². The Morgan fingerprint density at radius 2 is 1.76 bits per heavy atom. The Labute approximate surface area is 247 Å². The van der Waals surface area contributed by atoms with Crippen molar-refractivity contribution < 1.29 is 45.4 Å². The number of aromatic amines is 1. The number of carboxylic acid groups (broad SMARTS) is 1. The molecular weight excluding hydrogens is 631 g/mol. The maximum atomic E-state index is 15.1. The van der Waals surface area contributed by atoms with Crippen molar-refractivity contribution in [3.63, 3.8) is 0 Å². The molecule has 0 fully saturated rings. The summed E-state index contributed by atoms with van der Waals surface area (Å²) in [6.45, 7) is 3.79. The zero-order valence-corrected chi connectivity index (χ0v) is 24.1. The third-order valence-corrected chi connectivity index (χ3v) is 7.82. The van der Waals surface area contributed by atoms with E-state index in [1.165, 1.54) is 46.9 Å². The van der Waals surface area contributed by atoms with Gasteiger partial charge in [0.2, 0.25) is 10.0 Å². The molecule has 226 valence electrons. The topological polar surface area (TPSA) is 153 Å². The first kappa shape index (κ1) is 34.4. The standard InChI is InChI=1S/C23H21Cl2FN4O4S.C2HF3O2/c1-3-30(4-2)35(32,33)18-10-20(28-13-18)23(31)29-12-15-5-6-19(25)22(21(15)26)34-17-8-14(11-27)7-16(24)9-17;3-2(4,5)1(6)7/h5-10,13,28H,3-4,12H2,1-2H3,(H,29,31);(H,6,7). The van der Waals surface area contributed by atoms with Crippen LogP contribution in [0.25, 0.3) is 0 Å². The number of aliphatic carboxylic acids is 1. The minimum absolute atomic E-state index is 0.00420. The Morgan fingerprint density at radius 3 is 2.31 bits per heavy atom. The maximum absolute atomic E-state index is 15.1. The first-order chi connectivity index (χ1) is 19.5. The zero-order chi connectivity index (χ0) is 31.8. The summed E-state index contributed by atoms with van der Waals surface area (Å²) in [5.41, 5.74) is 0.299. The van der Waals surface area contributed by atoms with Gasteiger partial charge in [0.1, 0.15) is 16.3 Å². The molecule has 0 aliphatic heterocycles. The second-order valence-corrected chi connectivity index (χ2v) is 10.8. The Bertz CT molecular complexity index is 1600. The van der Waals surface area contributed by atoms with Gasteiger partial charge in [-0.25, -0.2) is 17.6 Å². The number of hydrogen-bond donors (Lipinski definition) is 3. The van der Waals surface area contributed by atoms with Crippen LogP contribution in [0.2, 0.25) is 10.0 Å². The number of carbonyl (C=O) groups excluding carboxylic acids is 1. The fourth-order valence-corrected chi connectivity index (χ4v) is 5.11. The number of hydrogen-bond acceptors (Lipinski definition) is 6. The molecule has 0 spiro atoms. The number of nitrogens with one attached hydrogen (secondary N) is 2. The molecule has 0 aliphatic carbocycles. The zero-order valence-electron chi connectivity index (χ0n) is 21.7. The van der Waals surface area contributed by atoms with E-state index in [0.29, 0.717) is 13.1 Å². The van der Waals surface area contributed by atoms with Crippen molar-refractivity contribution in [2.45, 2.75) is 31.5 Å². The third-order valence-electron chi connectivity index (χ3n) is 5.28. The predicted octanol–water partition coefficient (Wildman–Crippen LogP) is 5.72. The van der Waals surface area contributed by atoms with Crippen molar-refractivity contribution in [2.24, 2.45) is 0 Å². The van der Waals surface area contributed by atoms with Gasteiger partial charge in [-0.1, -0.05) is 43.1 Å². The first-order valence-corrected chi connectivity index (χ1v) is 13.9. The monoisotopic (exact) mass is 652 g/mol. The summed E-state index contributed by atoms with van der Waals surface area (Å²) in [5.74, 6) is -4.38. The lowest BCUT2D eigenvalue weighted by Crippen LogP contribution is -2.30. The molecule has 2 aromatic carbocycles. The van der Waals surface area contributed by atoms with Crippen molar-refractivity contribution in [1.29, 1.82) is 5.26 Å². The number of nitriles is 1. The molecule has 1 aromatic heterocycles. The van der Waals surface area contributed by atoms with Gasteiger partial charge in [-0.3, -0.25) is 4.79 Å². The Morgan fingerprint density at radius 1 is 1.14 bits per heavy atom. The minimum Gasteiger partial charge on any atom is -0.475 e. The SMILES string of the molecule is CCN(CC)S(=O)(=O)c1c[nH]c(C(=O)NCc2ccc(Cl)c(Oc3cc(Cl)cc(C#N)c3)c2F)c1.O=C(O)C(F)(F)F. The summed E-state index contributed by atoms with van der Waals surface area (Å²) in [4.78, 5) is 24.0. The molecule has 0 bridgehead atoms. The molecule has 10 nitrogen and oxygen atoms in total. The molecule has 0 aliphatic rings. The summed E-state index contributed by atoms with van der Waals surface area (Å²) in [7, 11) is -3.73. The van der Waals surface area contributed by atoms with E-state index in [-0.39, 0.29) is 49.8 Å². The second kappa shape index (κ2) is 14.4. The molecule has 0 saturated carbocycles. The van der Waals surface area contributed by atoms with Gasteiger partial charge in [0.25, 0.3) is 5.91 Å². The van der Waals surface area contributed by atoms with Crippen LogP contribution in [0.1, 0.15) is 35.5 Å². The molecule has 0 unspecified atom stereocenters. The molecule has 0 atom stereocenters. The van der Waals surface area contributed by atoms with Crippen LogP contribution in [0.3, 0.4) is 0 Å². The van der Waals surface area contributed by atoms with E-state index in [0.717, 1.165) is 0 Å². The van der Waals surface area contributed by atoms with Crippen molar-refractivity contribution in [3.05, 3.63) is 75.3 Å². The fraction of sp³-hybridized carbons (Fsp3) is 0.240. The van der Waals surface area contributed by atoms with Gasteiger partial charge in [-0.2, -0.15) is 22.7 Å². The summed E-state index contributed by atoms with van der Waals surface area (Å²) in [5, 5.41) is 18.9. The fourth-order valence-electron chi connectivity index (χ4n) is 3.25. The lowest BCUT2D eigenvalue weighted by Gasteiger charge is -2.16. The Kier molecular flexibility index (Phi) is 11.8. The van der Waals surface area contributed by atoms with Gasteiger partial charge < -0.3 is 20.1 Å². The normalized spacial score (nSPS) is 11.3. The van der Waals surface area contributed by atoms with Crippen LogP contribution in [0, 0.1) is 17.1 Å². The minimum atomic E-state index is -5.08. The van der Waals surface area contributed by atoms with E-state index < -0.39 is 33.9 Å². The van der Waals surface area contributed by atoms with Crippen molar-refractivity contribution in [3.8, 4) is 17.6 Å². The molecule has 3 aromatic rings. The van der Waals surface area contributed by atoms with Crippen LogP contribution in [-0.4, -0.2) is 54.0 Å². The number of rotatable bonds is 9. The van der Waals surface area contributed by atoms with Crippen LogP contribution in [0.4, 0.5) is 17.6 Å². The lowest BCUT2D eigenvalue weighted by molar-refractivity contribution is -0.192. The quantitative estimate of drug-likeness (QED) is 0.250. The van der Waals surface area contributed by atoms with Gasteiger partial charge in [0.05, 0.1) is 16.7 Å². The van der Waals surface area contributed by atoms with E-state index >= 15 is 4.39 Å². The van der Waals surface area contributed by atoms with E-state index in [4.69, 9.17) is 43.1 Å². The highest BCUT2D eigenvalue weighted by Gasteiger charge is 2.38. The van der Waals surface area contributed by atoms with E-state index in [1.54, 1.807) is 13.8 Å². The molecule has 1 heterocycles. The number of ether oxygens (including phenoxy) is 1. The van der Waals surface area contributed by atoms with Crippen LogP contribution in [-0.2, 0) is 21.4 Å². The number of aromatic nitrogens is 1. The number of sulfonamides is 1. The van der Waals surface area contributed by atoms with Crippen LogP contribution in [0.5, 0.6) is 11.5 Å². The van der Waals surface area contributed by atoms with Gasteiger partial charge in [-0.05, 0) is 30.3 Å². The maximum Gasteiger partial charge on any atom is 0.490 e. The number of benzene rings is 2. The number of carboxylic acids is 1. The van der Waals surface area contributed by atoms with E-state index in [2.05, 4.69) is 10.3 Å². The van der Waals surface area contributed by atoms with Crippen molar-refractivity contribution in [2.75, 3.05) is 13.1 Å².